The number of ether oxygens (including phenoxy) is 1. The summed E-state index contributed by atoms with van der Waals surface area (Å²) >= 11 is 8.20. The summed E-state index contributed by atoms with van der Waals surface area (Å²) in [5, 5.41) is 0. The predicted molar refractivity (Wildman–Crippen MR) is 124 cm³/mol. The lowest BCUT2D eigenvalue weighted by atomic mass is 9.96. The Morgan fingerprint density at radius 3 is 2.57 bits per heavy atom. The lowest BCUT2D eigenvalue weighted by molar-refractivity contribution is -0.136. The normalized spacial score (nSPS) is 16.3. The van der Waals surface area contributed by atoms with Gasteiger partial charge in [-0.2, -0.15) is 0 Å². The summed E-state index contributed by atoms with van der Waals surface area (Å²) in [6.45, 7) is 1.77. The van der Waals surface area contributed by atoms with Crippen LogP contribution in [0, 0.1) is 0 Å². The van der Waals surface area contributed by atoms with E-state index in [1.54, 1.807) is 11.5 Å². The van der Waals surface area contributed by atoms with E-state index in [1.807, 2.05) is 54.6 Å². The number of carbonyl (C=O) groups excluding carboxylic acids is 1. The van der Waals surface area contributed by atoms with Crippen molar-refractivity contribution in [3.05, 3.63) is 99.6 Å². The molecule has 3 aromatic rings. The van der Waals surface area contributed by atoms with Crippen molar-refractivity contribution in [1.82, 2.24) is 4.57 Å². The predicted octanol–water partition coefficient (Wildman–Crippen LogP) is 3.93. The van der Waals surface area contributed by atoms with Crippen LogP contribution >= 0.6 is 43.2 Å². The number of aromatic nitrogens is 1. The van der Waals surface area contributed by atoms with Gasteiger partial charge in [0.2, 0.25) is 0 Å². The van der Waals surface area contributed by atoms with E-state index in [0.717, 1.165) is 20.1 Å². The summed E-state index contributed by atoms with van der Waals surface area (Å²) in [7, 11) is 1.33. The first-order chi connectivity index (χ1) is 14.4. The summed E-state index contributed by atoms with van der Waals surface area (Å²) in [4.78, 5) is 31.1. The molecule has 8 heteroatoms. The second kappa shape index (κ2) is 8.45. The van der Waals surface area contributed by atoms with Crippen LogP contribution in [0.2, 0.25) is 0 Å². The van der Waals surface area contributed by atoms with Crippen LogP contribution in [-0.4, -0.2) is 17.6 Å². The molecule has 1 unspecified atom stereocenters. The van der Waals surface area contributed by atoms with Crippen LogP contribution in [0.1, 0.15) is 24.1 Å². The number of methoxy groups -OCH3 is 1. The van der Waals surface area contributed by atoms with Crippen LogP contribution in [0.5, 0.6) is 0 Å². The summed E-state index contributed by atoms with van der Waals surface area (Å²) < 4.78 is 8.99. The van der Waals surface area contributed by atoms with E-state index >= 15 is 0 Å². The highest BCUT2D eigenvalue weighted by atomic mass is 79.9. The second-order valence-corrected chi connectivity index (χ2v) is 9.52. The number of rotatable bonds is 3. The zero-order valence-corrected chi connectivity index (χ0v) is 20.0. The fourth-order valence-corrected chi connectivity index (χ4v) is 5.13. The molecule has 1 atom stereocenters. The Kier molecular flexibility index (Phi) is 5.90. The van der Waals surface area contributed by atoms with E-state index in [1.165, 1.54) is 18.4 Å². The molecule has 0 aliphatic carbocycles. The highest BCUT2D eigenvalue weighted by Crippen LogP contribution is 2.31. The van der Waals surface area contributed by atoms with Gasteiger partial charge in [-0.05, 0) is 48.4 Å². The highest BCUT2D eigenvalue weighted by Gasteiger charge is 2.32. The third-order valence-electron chi connectivity index (χ3n) is 4.76. The van der Waals surface area contributed by atoms with Crippen LogP contribution in [0.25, 0.3) is 6.08 Å². The maximum atomic E-state index is 13.4. The number of hydrogen-bond donors (Lipinski definition) is 0. The van der Waals surface area contributed by atoms with Gasteiger partial charge in [-0.3, -0.25) is 9.36 Å². The summed E-state index contributed by atoms with van der Waals surface area (Å²) in [5.41, 5.74) is 2.42. The van der Waals surface area contributed by atoms with E-state index in [-0.39, 0.29) is 5.56 Å². The number of fused-ring (bicyclic) bond motifs is 1. The van der Waals surface area contributed by atoms with Crippen molar-refractivity contribution in [1.29, 1.82) is 0 Å². The van der Waals surface area contributed by atoms with Crippen molar-refractivity contribution >= 4 is 55.2 Å². The second-order valence-electron chi connectivity index (χ2n) is 6.68. The average molecular weight is 548 g/mol. The Labute approximate surface area is 193 Å². The highest BCUT2D eigenvalue weighted by molar-refractivity contribution is 9.10. The summed E-state index contributed by atoms with van der Waals surface area (Å²) in [6.07, 6.45) is 1.84. The summed E-state index contributed by atoms with van der Waals surface area (Å²) in [6, 6.07) is 14.7. The SMILES string of the molecule is COC(=O)C1=C(C)N=c2sc(=Cc3cccc(Br)c3)c(=O)n2C1c1ccc(Br)cc1. The monoisotopic (exact) mass is 546 g/mol. The van der Waals surface area contributed by atoms with Crippen molar-refractivity contribution in [3.8, 4) is 0 Å². The van der Waals surface area contributed by atoms with Gasteiger partial charge in [0.1, 0.15) is 0 Å². The number of benzene rings is 2. The molecule has 0 spiro atoms. The van der Waals surface area contributed by atoms with Gasteiger partial charge >= 0.3 is 5.97 Å². The average Bonchev–Trinajstić information content (AvgIpc) is 3.02. The van der Waals surface area contributed by atoms with E-state index in [9.17, 15) is 9.59 Å². The third kappa shape index (κ3) is 3.87. The number of esters is 1. The molecule has 5 nitrogen and oxygen atoms in total. The van der Waals surface area contributed by atoms with Gasteiger partial charge in [-0.15, -0.1) is 0 Å². The van der Waals surface area contributed by atoms with Gasteiger partial charge in [0.05, 0.1) is 29.0 Å². The number of halogens is 2. The standard InChI is InChI=1S/C22H16Br2N2O3S/c1-12-18(21(28)29-2)19(14-6-8-15(23)9-7-14)26-20(27)17(30-22(26)25-12)11-13-4-3-5-16(24)10-13/h3-11,19H,1-2H3. The minimum Gasteiger partial charge on any atom is -0.466 e. The first-order valence-electron chi connectivity index (χ1n) is 9.01. The van der Waals surface area contributed by atoms with Crippen LogP contribution in [-0.2, 0) is 9.53 Å². The molecule has 4 rings (SSSR count). The number of nitrogens with zero attached hydrogens (tertiary/aromatic N) is 2. The fraction of sp³-hybridized carbons (Fsp3) is 0.136. The quantitative estimate of drug-likeness (QED) is 0.467. The van der Waals surface area contributed by atoms with Crippen LogP contribution in [0.3, 0.4) is 0 Å². The van der Waals surface area contributed by atoms with Crippen molar-refractivity contribution in [2.24, 2.45) is 4.99 Å². The molecule has 0 radical (unpaired) electrons. The Balaban J connectivity index is 1.98. The molecule has 1 aliphatic rings. The van der Waals surface area contributed by atoms with Crippen molar-refractivity contribution in [3.63, 3.8) is 0 Å². The largest absolute Gasteiger partial charge is 0.466 e. The van der Waals surface area contributed by atoms with Crippen LogP contribution in [0.4, 0.5) is 0 Å². The lowest BCUT2D eigenvalue weighted by Gasteiger charge is -2.24. The number of hydrogen-bond acceptors (Lipinski definition) is 5. The number of allylic oxidation sites excluding steroid dienone is 1. The molecule has 0 amide bonds. The molecule has 0 N–H and O–H groups in total. The van der Waals surface area contributed by atoms with Crippen LogP contribution < -0.4 is 14.9 Å². The maximum absolute atomic E-state index is 13.4. The molecule has 0 fully saturated rings. The van der Waals surface area contributed by atoms with E-state index in [2.05, 4.69) is 36.9 Å². The molecule has 0 saturated heterocycles. The molecule has 1 aromatic heterocycles. The Bertz CT molecular complexity index is 1350. The minimum atomic E-state index is -0.605. The molecule has 0 saturated carbocycles. The van der Waals surface area contributed by atoms with Gasteiger partial charge in [0.15, 0.2) is 4.80 Å². The molecular formula is C22H16Br2N2O3S. The molecule has 0 bridgehead atoms. The zero-order valence-electron chi connectivity index (χ0n) is 16.1. The van der Waals surface area contributed by atoms with Gasteiger partial charge in [-0.25, -0.2) is 9.79 Å². The molecule has 152 valence electrons. The van der Waals surface area contributed by atoms with Crippen LogP contribution in [0.15, 0.2) is 78.5 Å². The Morgan fingerprint density at radius 2 is 1.90 bits per heavy atom. The van der Waals surface area contributed by atoms with E-state index < -0.39 is 12.0 Å². The number of carbonyl (C=O) groups is 1. The topological polar surface area (TPSA) is 60.7 Å². The lowest BCUT2D eigenvalue weighted by Crippen LogP contribution is -2.39. The Morgan fingerprint density at radius 1 is 1.17 bits per heavy atom. The maximum Gasteiger partial charge on any atom is 0.338 e. The van der Waals surface area contributed by atoms with Gasteiger partial charge in [0, 0.05) is 8.95 Å². The third-order valence-corrected chi connectivity index (χ3v) is 6.76. The van der Waals surface area contributed by atoms with E-state index in [4.69, 9.17) is 4.74 Å². The molecule has 1 aliphatic heterocycles. The first-order valence-corrected chi connectivity index (χ1v) is 11.4. The molecule has 2 heterocycles. The van der Waals surface area contributed by atoms with E-state index in [0.29, 0.717) is 20.6 Å². The molecule has 2 aromatic carbocycles. The van der Waals surface area contributed by atoms with Crippen molar-refractivity contribution in [2.75, 3.05) is 7.11 Å². The van der Waals surface area contributed by atoms with Gasteiger partial charge < -0.3 is 4.74 Å². The van der Waals surface area contributed by atoms with Gasteiger partial charge in [-0.1, -0.05) is 67.5 Å². The van der Waals surface area contributed by atoms with Gasteiger partial charge in [0.25, 0.3) is 5.56 Å². The minimum absolute atomic E-state index is 0.194. The van der Waals surface area contributed by atoms with Crippen molar-refractivity contribution in [2.45, 2.75) is 13.0 Å². The molecular weight excluding hydrogens is 532 g/mol. The van der Waals surface area contributed by atoms with Crippen molar-refractivity contribution < 1.29 is 9.53 Å². The first kappa shape index (κ1) is 21.0. The smallest absolute Gasteiger partial charge is 0.338 e. The number of thiazole rings is 1. The zero-order chi connectivity index (χ0) is 21.4. The fourth-order valence-electron chi connectivity index (χ4n) is 3.40. The molecule has 30 heavy (non-hydrogen) atoms. The summed E-state index contributed by atoms with van der Waals surface area (Å²) in [5.74, 6) is -0.495. The Hall–Kier alpha value is -2.29.